The Hall–Kier alpha value is -2.02. The van der Waals surface area contributed by atoms with Crippen LogP contribution in [0.1, 0.15) is 13.2 Å². The summed E-state index contributed by atoms with van der Waals surface area (Å²) in [7, 11) is 1.70. The topological polar surface area (TPSA) is 71.6 Å². The Morgan fingerprint density at radius 1 is 1.40 bits per heavy atom. The zero-order valence-corrected chi connectivity index (χ0v) is 8.66. The number of nitrogens with zero attached hydrogens (tertiary/aromatic N) is 4. The fourth-order valence-corrected chi connectivity index (χ4v) is 0.798. The monoisotopic (exact) mass is 204 g/mol. The summed E-state index contributed by atoms with van der Waals surface area (Å²) in [6.07, 6.45) is 5.37. The Labute approximate surface area is 88.8 Å². The molecule has 0 bridgehead atoms. The van der Waals surface area contributed by atoms with Gasteiger partial charge in [0.25, 0.3) is 6.23 Å². The largest absolute Gasteiger partial charge is 0.422 e. The van der Waals surface area contributed by atoms with Gasteiger partial charge in [0.15, 0.2) is 12.4 Å². The molecule has 0 aliphatic rings. The van der Waals surface area contributed by atoms with E-state index in [-0.39, 0.29) is 6.23 Å². The predicted molar refractivity (Wildman–Crippen MR) is 54.8 cm³/mol. The molecule has 0 saturated heterocycles. The van der Waals surface area contributed by atoms with Crippen molar-refractivity contribution in [3.05, 3.63) is 36.0 Å². The smallest absolute Gasteiger partial charge is 0.259 e. The van der Waals surface area contributed by atoms with Gasteiger partial charge >= 0.3 is 0 Å². The van der Waals surface area contributed by atoms with E-state index in [0.29, 0.717) is 0 Å². The van der Waals surface area contributed by atoms with E-state index in [1.54, 1.807) is 7.11 Å². The van der Waals surface area contributed by atoms with Gasteiger partial charge in [0.1, 0.15) is 0 Å². The lowest BCUT2D eigenvalue weighted by atomic mass is 10.5. The van der Waals surface area contributed by atoms with Crippen molar-refractivity contribution in [1.82, 2.24) is 0 Å². The number of hydrogen-bond donors (Lipinski definition) is 0. The summed E-state index contributed by atoms with van der Waals surface area (Å²) in [5, 5.41) is 14.9. The average Bonchev–Trinajstić information content (AvgIpc) is 2.31. The van der Waals surface area contributed by atoms with Crippen molar-refractivity contribution in [2.75, 3.05) is 7.11 Å². The van der Waals surface area contributed by atoms with E-state index in [9.17, 15) is 0 Å². The van der Waals surface area contributed by atoms with E-state index in [0.717, 1.165) is 0 Å². The van der Waals surface area contributed by atoms with Crippen molar-refractivity contribution in [1.29, 1.82) is 5.26 Å². The van der Waals surface area contributed by atoms with Crippen LogP contribution in [0.15, 0.2) is 35.6 Å². The Morgan fingerprint density at radius 3 is 2.33 bits per heavy atom. The van der Waals surface area contributed by atoms with E-state index >= 15 is 0 Å². The molecule has 1 aromatic heterocycles. The molecule has 5 nitrogen and oxygen atoms in total. The molecule has 0 fully saturated rings. The summed E-state index contributed by atoms with van der Waals surface area (Å²) in [4.78, 5) is 2.58. The van der Waals surface area contributed by atoms with Gasteiger partial charge in [0.05, 0.1) is 6.19 Å². The zero-order valence-electron chi connectivity index (χ0n) is 8.66. The van der Waals surface area contributed by atoms with Crippen LogP contribution in [0.4, 0.5) is 0 Å². The van der Waals surface area contributed by atoms with Crippen molar-refractivity contribution >= 4 is 6.01 Å². The molecule has 15 heavy (non-hydrogen) atoms. The molecule has 1 heterocycles. The van der Waals surface area contributed by atoms with Crippen molar-refractivity contribution in [2.24, 2.45) is 4.99 Å². The van der Waals surface area contributed by atoms with Crippen LogP contribution < -0.4 is 4.57 Å². The Morgan fingerprint density at radius 2 is 2.00 bits per heavy atom. The third-order valence-electron chi connectivity index (χ3n) is 1.60. The summed E-state index contributed by atoms with van der Waals surface area (Å²) < 4.78 is 7.10. The standard InChI is InChI=1S/C8H12NO.C2N3/c1-8(10-2)9-6-4-3-5-7-9;3-1-5-2-4/h3-8H,1-2H3;/q+1;-1. The van der Waals surface area contributed by atoms with Crippen LogP contribution in [-0.4, -0.2) is 13.1 Å². The van der Waals surface area contributed by atoms with E-state index < -0.39 is 0 Å². The quantitative estimate of drug-likeness (QED) is 0.414. The highest BCUT2D eigenvalue weighted by molar-refractivity contribution is 5.46. The molecule has 1 atom stereocenters. The minimum atomic E-state index is 0.126. The van der Waals surface area contributed by atoms with E-state index in [1.807, 2.05) is 42.1 Å². The molecule has 1 rings (SSSR count). The predicted octanol–water partition coefficient (Wildman–Crippen LogP) is 1.35. The SMILES string of the molecule is COC(C)[n+]1ccccc1.N#CN=C=[N-]. The molecule has 1 aromatic rings. The van der Waals surface area contributed by atoms with E-state index in [1.165, 1.54) is 12.2 Å². The molecule has 0 radical (unpaired) electrons. The molecule has 0 aromatic carbocycles. The van der Waals surface area contributed by atoms with Gasteiger partial charge in [0.2, 0.25) is 0 Å². The molecule has 0 saturated carbocycles. The third kappa shape index (κ3) is 6.11. The van der Waals surface area contributed by atoms with Crippen molar-refractivity contribution in [2.45, 2.75) is 13.2 Å². The van der Waals surface area contributed by atoms with Gasteiger partial charge in [-0.15, -0.1) is 6.01 Å². The second kappa shape index (κ2) is 8.57. The summed E-state index contributed by atoms with van der Waals surface area (Å²) in [6, 6.07) is 7.23. The number of aromatic nitrogens is 1. The second-order valence-corrected chi connectivity index (χ2v) is 2.47. The number of rotatable bonds is 2. The molecule has 1 unspecified atom stereocenters. The van der Waals surface area contributed by atoms with Gasteiger partial charge < -0.3 is 15.1 Å². The van der Waals surface area contributed by atoms with Gasteiger partial charge in [-0.1, -0.05) is 6.07 Å². The first-order valence-corrected chi connectivity index (χ1v) is 4.22. The lowest BCUT2D eigenvalue weighted by Crippen LogP contribution is -2.37. The number of pyridine rings is 1. The summed E-state index contributed by atoms with van der Waals surface area (Å²) in [6.45, 7) is 2.00. The van der Waals surface area contributed by atoms with Crippen molar-refractivity contribution in [3.63, 3.8) is 0 Å². The van der Waals surface area contributed by atoms with Crippen LogP contribution in [0, 0.1) is 11.5 Å². The molecule has 78 valence electrons. The van der Waals surface area contributed by atoms with Gasteiger partial charge in [-0.05, 0) is 0 Å². The number of nitriles is 1. The average molecular weight is 204 g/mol. The fraction of sp³-hybridized carbons (Fsp3) is 0.300. The van der Waals surface area contributed by atoms with Gasteiger partial charge in [0, 0.05) is 26.2 Å². The lowest BCUT2D eigenvalue weighted by Gasteiger charge is -2.01. The molecular weight excluding hydrogens is 192 g/mol. The fourth-order valence-electron chi connectivity index (χ4n) is 0.798. The highest BCUT2D eigenvalue weighted by Crippen LogP contribution is 1.91. The Bertz CT molecular complexity index is 351. The number of ether oxygens (including phenoxy) is 1. The van der Waals surface area contributed by atoms with Crippen LogP contribution in [0.3, 0.4) is 0 Å². The molecular formula is C10H12N4O. The van der Waals surface area contributed by atoms with Crippen molar-refractivity contribution < 1.29 is 9.30 Å². The molecule has 5 heteroatoms. The zero-order chi connectivity index (χ0) is 11.5. The van der Waals surface area contributed by atoms with E-state index in [4.69, 9.17) is 15.4 Å². The first kappa shape index (κ1) is 13.0. The molecule has 0 N–H and O–H groups in total. The number of methoxy groups -OCH3 is 1. The summed E-state index contributed by atoms with van der Waals surface area (Å²) >= 11 is 0. The Balaban J connectivity index is 0.000000336. The molecule has 0 aliphatic carbocycles. The van der Waals surface area contributed by atoms with Gasteiger partial charge in [-0.25, -0.2) is 0 Å². The minimum Gasteiger partial charge on any atom is -0.422 e. The molecule has 0 aliphatic heterocycles. The van der Waals surface area contributed by atoms with Crippen LogP contribution >= 0.6 is 0 Å². The highest BCUT2D eigenvalue weighted by Gasteiger charge is 2.06. The highest BCUT2D eigenvalue weighted by atomic mass is 16.5. The maximum absolute atomic E-state index is 7.43. The first-order chi connectivity index (χ1) is 7.26. The summed E-state index contributed by atoms with van der Waals surface area (Å²) in [5.41, 5.74) is 0. The third-order valence-corrected chi connectivity index (χ3v) is 1.60. The molecule has 0 amide bonds. The number of aliphatic imine (C=N–C) groups is 1. The first-order valence-electron chi connectivity index (χ1n) is 4.22. The van der Waals surface area contributed by atoms with E-state index in [2.05, 4.69) is 4.99 Å². The number of hydrogen-bond acceptors (Lipinski definition) is 3. The van der Waals surface area contributed by atoms with Gasteiger partial charge in [-0.3, -0.25) is 0 Å². The van der Waals surface area contributed by atoms with Crippen LogP contribution in [0.25, 0.3) is 5.41 Å². The van der Waals surface area contributed by atoms with Crippen LogP contribution in [0.2, 0.25) is 0 Å². The van der Waals surface area contributed by atoms with Crippen molar-refractivity contribution in [3.8, 4) is 6.19 Å². The maximum Gasteiger partial charge on any atom is 0.259 e. The van der Waals surface area contributed by atoms with Gasteiger partial charge in [-0.2, -0.15) is 9.83 Å². The molecule has 0 spiro atoms. The minimum absolute atomic E-state index is 0.126. The summed E-state index contributed by atoms with van der Waals surface area (Å²) in [5.74, 6) is 0. The second-order valence-electron chi connectivity index (χ2n) is 2.47. The maximum atomic E-state index is 7.43. The van der Waals surface area contributed by atoms with Crippen LogP contribution in [-0.2, 0) is 4.74 Å². The van der Waals surface area contributed by atoms with Crippen LogP contribution in [0.5, 0.6) is 0 Å². The Kier molecular flexibility index (Phi) is 7.42. The normalized spacial score (nSPS) is 9.93. The lowest BCUT2D eigenvalue weighted by molar-refractivity contribution is -0.757.